The minimum Gasteiger partial charge on any atom is -0.469 e. The zero-order chi connectivity index (χ0) is 13.8. The van der Waals surface area contributed by atoms with Gasteiger partial charge in [-0.15, -0.1) is 0 Å². The van der Waals surface area contributed by atoms with Crippen molar-refractivity contribution < 1.29 is 4.42 Å². The molecule has 1 aromatic rings. The van der Waals surface area contributed by atoms with Crippen molar-refractivity contribution in [1.29, 1.82) is 0 Å². The van der Waals surface area contributed by atoms with Crippen molar-refractivity contribution in [3.63, 3.8) is 0 Å². The lowest BCUT2D eigenvalue weighted by molar-refractivity contribution is 0.461. The van der Waals surface area contributed by atoms with E-state index in [1.54, 1.807) is 6.26 Å². The predicted molar refractivity (Wildman–Crippen MR) is 82.2 cm³/mol. The second kappa shape index (κ2) is 11.1. The Hall–Kier alpha value is -0.760. The van der Waals surface area contributed by atoms with Gasteiger partial charge in [0.1, 0.15) is 5.76 Å². The highest BCUT2D eigenvalue weighted by Gasteiger charge is 2.05. The smallest absolute Gasteiger partial charge is 0.105 e. The SMILES string of the molecule is CCCCCCCCCCCC(N)Cc1ccco1. The Balaban J connectivity index is 1.85. The van der Waals surface area contributed by atoms with Crippen molar-refractivity contribution in [3.8, 4) is 0 Å². The molecule has 0 spiro atoms. The summed E-state index contributed by atoms with van der Waals surface area (Å²) < 4.78 is 5.32. The molecule has 0 amide bonds. The molecule has 1 atom stereocenters. The van der Waals surface area contributed by atoms with Crippen LogP contribution in [0.15, 0.2) is 22.8 Å². The van der Waals surface area contributed by atoms with Gasteiger partial charge in [0.05, 0.1) is 6.26 Å². The summed E-state index contributed by atoms with van der Waals surface area (Å²) in [4.78, 5) is 0. The molecule has 0 radical (unpaired) electrons. The molecule has 0 aromatic carbocycles. The van der Waals surface area contributed by atoms with Gasteiger partial charge in [-0.1, -0.05) is 64.7 Å². The highest BCUT2D eigenvalue weighted by molar-refractivity contribution is 4.99. The molecule has 0 aliphatic rings. The second-order valence-electron chi connectivity index (χ2n) is 5.66. The fourth-order valence-corrected chi connectivity index (χ4v) is 2.51. The first-order valence-electron chi connectivity index (χ1n) is 8.11. The summed E-state index contributed by atoms with van der Waals surface area (Å²) in [6, 6.07) is 4.20. The van der Waals surface area contributed by atoms with Crippen molar-refractivity contribution in [2.45, 2.75) is 83.6 Å². The molecule has 1 unspecified atom stereocenters. The fourth-order valence-electron chi connectivity index (χ4n) is 2.51. The van der Waals surface area contributed by atoms with E-state index < -0.39 is 0 Å². The highest BCUT2D eigenvalue weighted by atomic mass is 16.3. The average Bonchev–Trinajstić information content (AvgIpc) is 2.89. The lowest BCUT2D eigenvalue weighted by Gasteiger charge is -2.09. The lowest BCUT2D eigenvalue weighted by atomic mass is 10.0. The first kappa shape index (κ1) is 16.3. The summed E-state index contributed by atoms with van der Waals surface area (Å²) in [5.74, 6) is 1.02. The van der Waals surface area contributed by atoms with Crippen LogP contribution >= 0.6 is 0 Å². The third-order valence-corrected chi connectivity index (χ3v) is 3.72. The van der Waals surface area contributed by atoms with Gasteiger partial charge in [-0.2, -0.15) is 0 Å². The van der Waals surface area contributed by atoms with Crippen LogP contribution in [0.4, 0.5) is 0 Å². The van der Waals surface area contributed by atoms with E-state index in [1.165, 1.54) is 57.8 Å². The Kier molecular flexibility index (Phi) is 9.52. The van der Waals surface area contributed by atoms with Crippen molar-refractivity contribution in [1.82, 2.24) is 0 Å². The zero-order valence-electron chi connectivity index (χ0n) is 12.6. The van der Waals surface area contributed by atoms with E-state index >= 15 is 0 Å². The third-order valence-electron chi connectivity index (χ3n) is 3.72. The molecule has 19 heavy (non-hydrogen) atoms. The maximum atomic E-state index is 6.10. The first-order chi connectivity index (χ1) is 9.33. The van der Waals surface area contributed by atoms with Gasteiger partial charge in [0.2, 0.25) is 0 Å². The van der Waals surface area contributed by atoms with Crippen LogP contribution in [0.5, 0.6) is 0 Å². The van der Waals surface area contributed by atoms with Gasteiger partial charge in [0, 0.05) is 12.5 Å². The van der Waals surface area contributed by atoms with Crippen LogP contribution in [0, 0.1) is 0 Å². The number of hydrogen-bond acceptors (Lipinski definition) is 2. The number of unbranched alkanes of at least 4 members (excludes halogenated alkanes) is 8. The van der Waals surface area contributed by atoms with Crippen LogP contribution in [-0.2, 0) is 6.42 Å². The van der Waals surface area contributed by atoms with E-state index in [2.05, 4.69) is 6.92 Å². The minimum absolute atomic E-state index is 0.260. The molecule has 0 saturated carbocycles. The maximum absolute atomic E-state index is 6.10. The largest absolute Gasteiger partial charge is 0.469 e. The van der Waals surface area contributed by atoms with Gasteiger partial charge in [-0.25, -0.2) is 0 Å². The van der Waals surface area contributed by atoms with Gasteiger partial charge < -0.3 is 10.2 Å². The molecular formula is C17H31NO. The standard InChI is InChI=1S/C17H31NO/c1-2-3-4-5-6-7-8-9-10-12-16(18)15-17-13-11-14-19-17/h11,13-14,16H,2-10,12,15,18H2,1H3. The van der Waals surface area contributed by atoms with Crippen molar-refractivity contribution >= 4 is 0 Å². The quantitative estimate of drug-likeness (QED) is 0.536. The van der Waals surface area contributed by atoms with Crippen LogP contribution in [0.25, 0.3) is 0 Å². The van der Waals surface area contributed by atoms with Gasteiger partial charge >= 0.3 is 0 Å². The van der Waals surface area contributed by atoms with E-state index in [-0.39, 0.29) is 6.04 Å². The van der Waals surface area contributed by atoms with E-state index in [4.69, 9.17) is 10.2 Å². The summed E-state index contributed by atoms with van der Waals surface area (Å²) in [6.07, 6.45) is 16.1. The average molecular weight is 265 g/mol. The molecule has 0 bridgehead atoms. The number of rotatable bonds is 12. The summed E-state index contributed by atoms with van der Waals surface area (Å²) in [5, 5.41) is 0. The molecular weight excluding hydrogens is 234 g/mol. The summed E-state index contributed by atoms with van der Waals surface area (Å²) in [6.45, 7) is 2.27. The second-order valence-corrected chi connectivity index (χ2v) is 5.66. The zero-order valence-corrected chi connectivity index (χ0v) is 12.6. The molecule has 2 heteroatoms. The maximum Gasteiger partial charge on any atom is 0.105 e. The number of furan rings is 1. The van der Waals surface area contributed by atoms with Crippen LogP contribution in [0.1, 0.15) is 76.9 Å². The molecule has 1 heterocycles. The van der Waals surface area contributed by atoms with Crippen LogP contribution < -0.4 is 5.73 Å². The number of hydrogen-bond donors (Lipinski definition) is 1. The van der Waals surface area contributed by atoms with Crippen LogP contribution in [-0.4, -0.2) is 6.04 Å². The topological polar surface area (TPSA) is 39.2 Å². The van der Waals surface area contributed by atoms with Gasteiger partial charge in [-0.05, 0) is 18.6 Å². The summed E-state index contributed by atoms with van der Waals surface area (Å²) in [5.41, 5.74) is 6.10. The van der Waals surface area contributed by atoms with Gasteiger partial charge in [-0.3, -0.25) is 0 Å². The van der Waals surface area contributed by atoms with Crippen molar-refractivity contribution in [2.75, 3.05) is 0 Å². The Morgan fingerprint density at radius 2 is 1.63 bits per heavy atom. The Morgan fingerprint density at radius 3 is 2.21 bits per heavy atom. The molecule has 2 nitrogen and oxygen atoms in total. The first-order valence-corrected chi connectivity index (χ1v) is 8.11. The van der Waals surface area contributed by atoms with Gasteiger partial charge in [0.25, 0.3) is 0 Å². The normalized spacial score (nSPS) is 12.7. The Bertz CT molecular complexity index is 281. The summed E-state index contributed by atoms with van der Waals surface area (Å²) >= 11 is 0. The highest BCUT2D eigenvalue weighted by Crippen LogP contribution is 2.12. The minimum atomic E-state index is 0.260. The predicted octanol–water partition coefficient (Wildman–Crippen LogP) is 5.07. The monoisotopic (exact) mass is 265 g/mol. The van der Waals surface area contributed by atoms with E-state index in [9.17, 15) is 0 Å². The molecule has 2 N–H and O–H groups in total. The van der Waals surface area contributed by atoms with Gasteiger partial charge in [0.15, 0.2) is 0 Å². The molecule has 1 rings (SSSR count). The summed E-state index contributed by atoms with van der Waals surface area (Å²) in [7, 11) is 0. The lowest BCUT2D eigenvalue weighted by Crippen LogP contribution is -2.22. The van der Waals surface area contributed by atoms with Crippen LogP contribution in [0.3, 0.4) is 0 Å². The Labute approximate surface area is 118 Å². The number of nitrogens with two attached hydrogens (primary N) is 1. The molecule has 110 valence electrons. The molecule has 0 aliphatic heterocycles. The van der Waals surface area contributed by atoms with Crippen molar-refractivity contribution in [2.24, 2.45) is 5.73 Å². The Morgan fingerprint density at radius 1 is 1.00 bits per heavy atom. The van der Waals surface area contributed by atoms with Crippen molar-refractivity contribution in [3.05, 3.63) is 24.2 Å². The molecule has 1 aromatic heterocycles. The van der Waals surface area contributed by atoms with Crippen LogP contribution in [0.2, 0.25) is 0 Å². The van der Waals surface area contributed by atoms with E-state index in [0.717, 1.165) is 18.6 Å². The molecule has 0 fully saturated rings. The fraction of sp³-hybridized carbons (Fsp3) is 0.765. The molecule has 0 saturated heterocycles. The van der Waals surface area contributed by atoms with E-state index in [0.29, 0.717) is 0 Å². The third kappa shape index (κ3) is 8.88. The van der Waals surface area contributed by atoms with E-state index in [1.807, 2.05) is 12.1 Å². The molecule has 0 aliphatic carbocycles.